The summed E-state index contributed by atoms with van der Waals surface area (Å²) in [7, 11) is 0. The van der Waals surface area contributed by atoms with Gasteiger partial charge in [-0.05, 0) is 52.9 Å². The highest BCUT2D eigenvalue weighted by Crippen LogP contribution is 2.32. The van der Waals surface area contributed by atoms with Crippen molar-refractivity contribution >= 4 is 27.7 Å². The molecule has 0 spiro atoms. The molecule has 1 aromatic carbocycles. The molecule has 3 rings (SSSR count). The number of aromatic amines is 1. The lowest BCUT2D eigenvalue weighted by molar-refractivity contribution is 0.425. The van der Waals surface area contributed by atoms with Gasteiger partial charge in [-0.2, -0.15) is 4.98 Å². The van der Waals surface area contributed by atoms with Gasteiger partial charge in [0.25, 0.3) is 5.89 Å². The summed E-state index contributed by atoms with van der Waals surface area (Å²) in [6, 6.07) is 8.22. The molecule has 0 unspecified atom stereocenters. The van der Waals surface area contributed by atoms with E-state index in [1.165, 1.54) is 0 Å². The molecule has 0 saturated heterocycles. The average Bonchev–Trinajstić information content (AvgIpc) is 3.07. The summed E-state index contributed by atoms with van der Waals surface area (Å²) in [5.74, 6) is 1.16. The van der Waals surface area contributed by atoms with Gasteiger partial charge in [0.2, 0.25) is 0 Å². The predicted octanol–water partition coefficient (Wildman–Crippen LogP) is 4.52. The first-order chi connectivity index (χ1) is 9.67. The SMILES string of the molecule is CSc1cc(-c2ccc(-c3nc(C)no3)c(Br)c2)c[nH]1. The standard InChI is InChI=1S/C14H12BrN3OS/c1-8-17-14(19-18-8)11-4-3-9(5-12(11)15)10-6-13(20-2)16-7-10/h3-7,16H,1-2H3. The van der Waals surface area contributed by atoms with Gasteiger partial charge in [0.15, 0.2) is 5.82 Å². The van der Waals surface area contributed by atoms with Crippen LogP contribution in [0.3, 0.4) is 0 Å². The third-order valence-corrected chi connectivity index (χ3v) is 4.27. The number of nitrogens with one attached hydrogen (secondary N) is 1. The summed E-state index contributed by atoms with van der Waals surface area (Å²) >= 11 is 5.26. The number of H-pyrrole nitrogens is 1. The highest BCUT2D eigenvalue weighted by molar-refractivity contribution is 9.10. The molecular weight excluding hydrogens is 338 g/mol. The van der Waals surface area contributed by atoms with Crippen LogP contribution in [0.4, 0.5) is 0 Å². The molecule has 1 N–H and O–H groups in total. The number of aromatic nitrogens is 3. The zero-order valence-electron chi connectivity index (χ0n) is 11.0. The van der Waals surface area contributed by atoms with Crippen LogP contribution in [0.1, 0.15) is 5.82 Å². The van der Waals surface area contributed by atoms with Crippen LogP contribution in [-0.2, 0) is 0 Å². The average molecular weight is 350 g/mol. The van der Waals surface area contributed by atoms with Gasteiger partial charge < -0.3 is 9.51 Å². The molecule has 3 aromatic rings. The molecule has 4 nitrogen and oxygen atoms in total. The highest BCUT2D eigenvalue weighted by Gasteiger charge is 2.12. The molecule has 2 aromatic heterocycles. The number of hydrogen-bond acceptors (Lipinski definition) is 4. The zero-order chi connectivity index (χ0) is 14.1. The molecule has 0 fully saturated rings. The van der Waals surface area contributed by atoms with Gasteiger partial charge in [-0.3, -0.25) is 0 Å². The fraction of sp³-hybridized carbons (Fsp3) is 0.143. The van der Waals surface area contributed by atoms with Crippen molar-refractivity contribution in [1.82, 2.24) is 15.1 Å². The lowest BCUT2D eigenvalue weighted by atomic mass is 10.1. The van der Waals surface area contributed by atoms with Crippen molar-refractivity contribution in [3.63, 3.8) is 0 Å². The van der Waals surface area contributed by atoms with Crippen LogP contribution < -0.4 is 0 Å². The topological polar surface area (TPSA) is 54.7 Å². The molecule has 0 amide bonds. The Bertz CT molecular complexity index is 750. The van der Waals surface area contributed by atoms with Crippen LogP contribution in [0.2, 0.25) is 0 Å². The molecule has 0 bridgehead atoms. The van der Waals surface area contributed by atoms with Crippen molar-refractivity contribution in [2.45, 2.75) is 11.9 Å². The number of rotatable bonds is 3. The van der Waals surface area contributed by atoms with E-state index >= 15 is 0 Å². The zero-order valence-corrected chi connectivity index (χ0v) is 13.4. The smallest absolute Gasteiger partial charge is 0.259 e. The van der Waals surface area contributed by atoms with Gasteiger partial charge in [0.1, 0.15) is 0 Å². The number of nitrogens with zero attached hydrogens (tertiary/aromatic N) is 2. The maximum absolute atomic E-state index is 5.20. The molecule has 102 valence electrons. The van der Waals surface area contributed by atoms with Crippen molar-refractivity contribution in [2.24, 2.45) is 0 Å². The largest absolute Gasteiger partial charge is 0.356 e. The summed E-state index contributed by atoms with van der Waals surface area (Å²) in [5, 5.41) is 4.96. The maximum atomic E-state index is 5.20. The van der Waals surface area contributed by atoms with Gasteiger partial charge in [-0.1, -0.05) is 11.2 Å². The Hall–Kier alpha value is -1.53. The van der Waals surface area contributed by atoms with Crippen molar-refractivity contribution < 1.29 is 4.52 Å². The second-order valence-electron chi connectivity index (χ2n) is 4.30. The molecule has 6 heteroatoms. The lowest BCUT2D eigenvalue weighted by Gasteiger charge is -2.02. The molecule has 0 saturated carbocycles. The number of benzene rings is 1. The summed E-state index contributed by atoms with van der Waals surface area (Å²) < 4.78 is 6.13. The van der Waals surface area contributed by atoms with Crippen LogP contribution in [0.15, 0.2) is 44.5 Å². The van der Waals surface area contributed by atoms with Crippen molar-refractivity contribution in [3.8, 4) is 22.6 Å². The van der Waals surface area contributed by atoms with E-state index in [4.69, 9.17) is 4.52 Å². The highest BCUT2D eigenvalue weighted by atomic mass is 79.9. The van der Waals surface area contributed by atoms with Gasteiger partial charge in [-0.15, -0.1) is 11.8 Å². The minimum Gasteiger partial charge on any atom is -0.356 e. The predicted molar refractivity (Wildman–Crippen MR) is 83.7 cm³/mol. The van der Waals surface area contributed by atoms with E-state index < -0.39 is 0 Å². The minimum absolute atomic E-state index is 0.528. The Labute approximate surface area is 129 Å². The lowest BCUT2D eigenvalue weighted by Crippen LogP contribution is -1.82. The Morgan fingerprint density at radius 1 is 1.25 bits per heavy atom. The fourth-order valence-electron chi connectivity index (χ4n) is 1.93. The van der Waals surface area contributed by atoms with E-state index in [2.05, 4.69) is 43.2 Å². The second kappa shape index (κ2) is 5.46. The van der Waals surface area contributed by atoms with Crippen LogP contribution in [0, 0.1) is 6.92 Å². The molecule has 0 aliphatic heterocycles. The van der Waals surface area contributed by atoms with Gasteiger partial charge >= 0.3 is 0 Å². The van der Waals surface area contributed by atoms with Crippen molar-refractivity contribution in [2.75, 3.05) is 6.26 Å². The third kappa shape index (κ3) is 2.53. The van der Waals surface area contributed by atoms with Crippen molar-refractivity contribution in [1.29, 1.82) is 0 Å². The van der Waals surface area contributed by atoms with Gasteiger partial charge in [-0.25, -0.2) is 0 Å². The fourth-order valence-corrected chi connectivity index (χ4v) is 2.90. The molecule has 20 heavy (non-hydrogen) atoms. The Morgan fingerprint density at radius 3 is 2.70 bits per heavy atom. The monoisotopic (exact) mass is 349 g/mol. The molecular formula is C14H12BrN3OS. The van der Waals surface area contributed by atoms with E-state index in [9.17, 15) is 0 Å². The minimum atomic E-state index is 0.528. The van der Waals surface area contributed by atoms with Crippen LogP contribution in [0.25, 0.3) is 22.6 Å². The van der Waals surface area contributed by atoms with E-state index in [-0.39, 0.29) is 0 Å². The molecule has 0 aliphatic carbocycles. The Balaban J connectivity index is 1.98. The van der Waals surface area contributed by atoms with E-state index in [1.807, 2.05) is 24.6 Å². The first-order valence-electron chi connectivity index (χ1n) is 6.00. The van der Waals surface area contributed by atoms with Gasteiger partial charge in [0.05, 0.1) is 10.6 Å². The number of hydrogen-bond donors (Lipinski definition) is 1. The second-order valence-corrected chi connectivity index (χ2v) is 6.00. The van der Waals surface area contributed by atoms with Crippen LogP contribution in [0.5, 0.6) is 0 Å². The normalized spacial score (nSPS) is 10.9. The third-order valence-electron chi connectivity index (χ3n) is 2.94. The summed E-state index contributed by atoms with van der Waals surface area (Å²) in [6.07, 6.45) is 4.05. The number of halogens is 1. The summed E-state index contributed by atoms with van der Waals surface area (Å²) in [4.78, 5) is 7.47. The quantitative estimate of drug-likeness (QED) is 0.706. The maximum Gasteiger partial charge on any atom is 0.259 e. The number of aryl methyl sites for hydroxylation is 1. The van der Waals surface area contributed by atoms with Gasteiger partial charge in [0, 0.05) is 16.2 Å². The molecule has 0 aliphatic rings. The van der Waals surface area contributed by atoms with E-state index in [0.717, 1.165) is 26.2 Å². The summed E-state index contributed by atoms with van der Waals surface area (Å²) in [6.45, 7) is 1.80. The molecule has 0 radical (unpaired) electrons. The van der Waals surface area contributed by atoms with Crippen molar-refractivity contribution in [3.05, 3.63) is 40.8 Å². The Morgan fingerprint density at radius 2 is 2.10 bits per heavy atom. The van der Waals surface area contributed by atoms with E-state index in [1.54, 1.807) is 18.7 Å². The molecule has 2 heterocycles. The van der Waals surface area contributed by atoms with E-state index in [0.29, 0.717) is 11.7 Å². The molecule has 0 atom stereocenters. The number of thioether (sulfide) groups is 1. The van der Waals surface area contributed by atoms with Crippen LogP contribution >= 0.6 is 27.7 Å². The first-order valence-corrected chi connectivity index (χ1v) is 8.02. The summed E-state index contributed by atoms with van der Waals surface area (Å²) in [5.41, 5.74) is 3.19. The first kappa shape index (κ1) is 13.5. The Kier molecular flexibility index (Phi) is 3.67. The van der Waals surface area contributed by atoms with Crippen LogP contribution in [-0.4, -0.2) is 21.4 Å².